The fourth-order valence-corrected chi connectivity index (χ4v) is 9.93. The highest BCUT2D eigenvalue weighted by atomic mass is 16.4. The average molecular weight is 835 g/mol. The topological polar surface area (TPSA) is 112 Å². The Balaban J connectivity index is 1.51. The van der Waals surface area contributed by atoms with Crippen LogP contribution >= 0.6 is 0 Å². The zero-order valence-corrected chi connectivity index (χ0v) is 38.2. The molecule has 0 aliphatic carbocycles. The van der Waals surface area contributed by atoms with Crippen molar-refractivity contribution in [1.82, 2.24) is 0 Å². The molecule has 0 fully saturated rings. The van der Waals surface area contributed by atoms with Gasteiger partial charge in [-0.05, 0) is 271 Å². The van der Waals surface area contributed by atoms with Gasteiger partial charge in [-0.15, -0.1) is 0 Å². The van der Waals surface area contributed by atoms with Crippen LogP contribution in [0.2, 0.25) is 0 Å². The number of carboxylic acids is 3. The number of rotatable bonds is 9. The molecular formula is C57H54O6. The van der Waals surface area contributed by atoms with Crippen LogP contribution in [0.25, 0.3) is 66.8 Å². The molecule has 0 bridgehead atoms. The summed E-state index contributed by atoms with van der Waals surface area (Å²) in [5, 5.41) is 28.8. The molecule has 6 heteroatoms. The van der Waals surface area contributed by atoms with Gasteiger partial charge in [-0.25, -0.2) is 14.4 Å². The molecule has 0 saturated heterocycles. The minimum atomic E-state index is -0.951. The highest BCUT2D eigenvalue weighted by Gasteiger charge is 2.24. The summed E-state index contributed by atoms with van der Waals surface area (Å²) < 4.78 is 0. The Morgan fingerprint density at radius 3 is 0.540 bits per heavy atom. The lowest BCUT2D eigenvalue weighted by molar-refractivity contribution is 0.0686. The summed E-state index contributed by atoms with van der Waals surface area (Å²) in [6, 6.07) is 28.4. The van der Waals surface area contributed by atoms with Crippen LogP contribution in [0.4, 0.5) is 0 Å². The predicted octanol–water partition coefficient (Wildman–Crippen LogP) is 14.5. The molecule has 0 radical (unpaired) electrons. The Morgan fingerprint density at radius 1 is 0.254 bits per heavy atom. The number of hydrogen-bond acceptors (Lipinski definition) is 3. The first-order valence-electron chi connectivity index (χ1n) is 21.2. The van der Waals surface area contributed by atoms with Gasteiger partial charge in [0.25, 0.3) is 0 Å². The van der Waals surface area contributed by atoms with Crippen LogP contribution in [-0.4, -0.2) is 33.2 Å². The number of benzene rings is 7. The third kappa shape index (κ3) is 7.54. The lowest BCUT2D eigenvalue weighted by atomic mass is 9.78. The van der Waals surface area contributed by atoms with Crippen LogP contribution in [0.1, 0.15) is 97.8 Å². The fourth-order valence-electron chi connectivity index (χ4n) is 9.93. The van der Waals surface area contributed by atoms with Crippen molar-refractivity contribution < 1.29 is 29.7 Å². The number of carboxylic acid groups (broad SMARTS) is 3. The largest absolute Gasteiger partial charge is 0.478 e. The number of hydrogen-bond donors (Lipinski definition) is 3. The second kappa shape index (κ2) is 16.7. The summed E-state index contributed by atoms with van der Waals surface area (Å²) in [5.74, 6) is -2.85. The maximum atomic E-state index is 11.7. The minimum absolute atomic E-state index is 0.254. The van der Waals surface area contributed by atoms with Crippen LogP contribution in [-0.2, 0) is 0 Å². The first kappa shape index (κ1) is 44.0. The highest BCUT2D eigenvalue weighted by molar-refractivity contribution is 5.94. The maximum Gasteiger partial charge on any atom is 0.335 e. The molecule has 3 N–H and O–H groups in total. The van der Waals surface area contributed by atoms with Gasteiger partial charge in [0, 0.05) is 0 Å². The van der Waals surface area contributed by atoms with E-state index in [1.807, 2.05) is 36.4 Å². The fraction of sp³-hybridized carbons (Fsp3) is 0.211. The van der Waals surface area contributed by atoms with Gasteiger partial charge in [-0.2, -0.15) is 0 Å². The summed E-state index contributed by atoms with van der Waals surface area (Å²) in [6.45, 7) is 26.0. The molecule has 7 aromatic rings. The van der Waals surface area contributed by atoms with Gasteiger partial charge in [0.15, 0.2) is 0 Å². The summed E-state index contributed by atoms with van der Waals surface area (Å²) in [5.41, 5.74) is 27.5. The molecule has 7 aromatic carbocycles. The second-order valence-electron chi connectivity index (χ2n) is 17.2. The van der Waals surface area contributed by atoms with Crippen LogP contribution in [0.15, 0.2) is 91.0 Å². The Morgan fingerprint density at radius 2 is 0.397 bits per heavy atom. The van der Waals surface area contributed by atoms with Crippen molar-refractivity contribution >= 4 is 17.9 Å². The lowest BCUT2D eigenvalue weighted by Gasteiger charge is -2.26. The van der Waals surface area contributed by atoms with Gasteiger partial charge in [0.1, 0.15) is 0 Å². The maximum absolute atomic E-state index is 11.7. The third-order valence-corrected chi connectivity index (χ3v) is 13.9. The molecule has 63 heavy (non-hydrogen) atoms. The van der Waals surface area contributed by atoms with E-state index in [1.165, 1.54) is 0 Å². The molecule has 0 aromatic heterocycles. The lowest BCUT2D eigenvalue weighted by Crippen LogP contribution is -2.04. The van der Waals surface area contributed by atoms with E-state index in [0.29, 0.717) is 0 Å². The minimum Gasteiger partial charge on any atom is -0.478 e. The monoisotopic (exact) mass is 834 g/mol. The van der Waals surface area contributed by atoms with Crippen molar-refractivity contribution in [2.45, 2.75) is 83.1 Å². The first-order chi connectivity index (χ1) is 29.7. The molecule has 6 nitrogen and oxygen atoms in total. The van der Waals surface area contributed by atoms with E-state index in [4.69, 9.17) is 0 Å². The van der Waals surface area contributed by atoms with Gasteiger partial charge in [-0.1, -0.05) is 36.4 Å². The van der Waals surface area contributed by atoms with Crippen LogP contribution in [0.3, 0.4) is 0 Å². The molecule has 7 rings (SSSR count). The quantitative estimate of drug-likeness (QED) is 0.134. The molecule has 0 heterocycles. The van der Waals surface area contributed by atoms with Gasteiger partial charge in [0.2, 0.25) is 0 Å². The van der Waals surface area contributed by atoms with E-state index in [9.17, 15) is 29.7 Å². The zero-order chi connectivity index (χ0) is 45.9. The summed E-state index contributed by atoms with van der Waals surface area (Å²) in [6.07, 6.45) is 0. The first-order valence-corrected chi connectivity index (χ1v) is 21.2. The van der Waals surface area contributed by atoms with E-state index in [0.717, 1.165) is 134 Å². The molecule has 0 amide bonds. The Labute approximate surface area is 370 Å². The van der Waals surface area contributed by atoms with Crippen LogP contribution in [0.5, 0.6) is 0 Å². The molecule has 318 valence electrons. The van der Waals surface area contributed by atoms with E-state index in [2.05, 4.69) is 101 Å². The predicted molar refractivity (Wildman–Crippen MR) is 257 cm³/mol. The van der Waals surface area contributed by atoms with Crippen LogP contribution in [0, 0.1) is 83.1 Å². The number of carbonyl (C=O) groups is 3. The van der Waals surface area contributed by atoms with Crippen molar-refractivity contribution in [3.63, 3.8) is 0 Å². The number of aromatic carboxylic acids is 3. The zero-order valence-electron chi connectivity index (χ0n) is 38.2. The standard InChI is InChI=1S/C57H54O6/c1-28-34(7)52(35(8)29(2)49(28)40-13-19-43(20-14-40)55(58)59)46-25-47(53-36(9)30(3)50(31(4)37(53)10)41-15-21-44(22-16-41)56(60)61)27-48(26-46)54-38(11)32(5)51(33(6)39(54)12)42-17-23-45(24-18-42)57(62)63/h13-27H,1-12H3,(H,58,59)(H,60,61)(H,62,63). The van der Waals surface area contributed by atoms with Gasteiger partial charge in [-0.3, -0.25) is 0 Å². The molecule has 0 aliphatic heterocycles. The smallest absolute Gasteiger partial charge is 0.335 e. The van der Waals surface area contributed by atoms with E-state index >= 15 is 0 Å². The second-order valence-corrected chi connectivity index (χ2v) is 17.2. The molecule has 0 spiro atoms. The SMILES string of the molecule is Cc1c(C)c(-c2cc(-c3c(C)c(C)c(-c4ccc(C(=O)O)cc4)c(C)c3C)cc(-c3c(C)c(C)c(-c4ccc(C(=O)O)cc4)c(C)c3C)c2)c(C)c(C)c1-c1ccc(C(=O)O)cc1. The molecule has 0 unspecified atom stereocenters. The Hall–Kier alpha value is -7.05. The summed E-state index contributed by atoms with van der Waals surface area (Å²) >= 11 is 0. The molecule has 0 saturated carbocycles. The third-order valence-electron chi connectivity index (χ3n) is 13.9. The Bertz CT molecular complexity index is 2620. The highest BCUT2D eigenvalue weighted by Crippen LogP contribution is 2.47. The van der Waals surface area contributed by atoms with Crippen molar-refractivity contribution in [3.8, 4) is 66.8 Å². The van der Waals surface area contributed by atoms with Crippen molar-refractivity contribution in [2.24, 2.45) is 0 Å². The van der Waals surface area contributed by atoms with Crippen molar-refractivity contribution in [3.05, 3.63) is 174 Å². The van der Waals surface area contributed by atoms with Gasteiger partial charge in [0.05, 0.1) is 16.7 Å². The van der Waals surface area contributed by atoms with E-state index in [-0.39, 0.29) is 16.7 Å². The normalized spacial score (nSPS) is 11.2. The van der Waals surface area contributed by atoms with Gasteiger partial charge < -0.3 is 15.3 Å². The van der Waals surface area contributed by atoms with Crippen molar-refractivity contribution in [1.29, 1.82) is 0 Å². The summed E-state index contributed by atoms with van der Waals surface area (Å²) in [7, 11) is 0. The van der Waals surface area contributed by atoms with E-state index < -0.39 is 17.9 Å². The van der Waals surface area contributed by atoms with Crippen LogP contribution < -0.4 is 0 Å². The molecule has 0 aliphatic rings. The van der Waals surface area contributed by atoms with Crippen molar-refractivity contribution in [2.75, 3.05) is 0 Å². The average Bonchev–Trinajstić information content (AvgIpc) is 3.25. The molecular weight excluding hydrogens is 781 g/mol. The van der Waals surface area contributed by atoms with E-state index in [1.54, 1.807) is 36.4 Å². The van der Waals surface area contributed by atoms with Gasteiger partial charge >= 0.3 is 17.9 Å². The Kier molecular flexibility index (Phi) is 11.6. The molecule has 0 atom stereocenters. The summed E-state index contributed by atoms with van der Waals surface area (Å²) in [4.78, 5) is 35.1.